The van der Waals surface area contributed by atoms with Gasteiger partial charge in [0.05, 0.1) is 17.0 Å². The Hall–Kier alpha value is -1.39. The highest BCUT2D eigenvalue weighted by atomic mass is 35.5. The molecule has 0 unspecified atom stereocenters. The molecule has 0 saturated heterocycles. The van der Waals surface area contributed by atoms with Crippen molar-refractivity contribution in [3.8, 4) is 5.75 Å². The highest BCUT2D eigenvalue weighted by Crippen LogP contribution is 2.23. The van der Waals surface area contributed by atoms with Crippen LogP contribution in [0.1, 0.15) is 15.2 Å². The number of hydrogen-bond acceptors (Lipinski definition) is 4. The van der Waals surface area contributed by atoms with Crippen LogP contribution >= 0.6 is 22.9 Å². The molecular weight excluding hydrogens is 258 g/mol. The Labute approximate surface area is 108 Å². The fourth-order valence-corrected chi connectivity index (χ4v) is 2.36. The number of aromatic nitrogens is 1. The van der Waals surface area contributed by atoms with Gasteiger partial charge in [-0.1, -0.05) is 11.6 Å². The van der Waals surface area contributed by atoms with Gasteiger partial charge in [0.1, 0.15) is 5.75 Å². The summed E-state index contributed by atoms with van der Waals surface area (Å²) < 4.78 is 5.04. The molecule has 2 rings (SSSR count). The fourth-order valence-electron chi connectivity index (χ4n) is 1.38. The number of rotatable bonds is 4. The molecule has 0 amide bonds. The maximum absolute atomic E-state index is 12.0. The molecular formula is C12H10ClNO2S. The second-order valence-corrected chi connectivity index (χ2v) is 4.74. The van der Waals surface area contributed by atoms with Gasteiger partial charge in [0.25, 0.3) is 0 Å². The third kappa shape index (κ3) is 2.84. The van der Waals surface area contributed by atoms with Gasteiger partial charge in [-0.15, -0.1) is 11.3 Å². The molecule has 17 heavy (non-hydrogen) atoms. The van der Waals surface area contributed by atoms with Gasteiger partial charge in [0.2, 0.25) is 0 Å². The standard InChI is InChI=1S/C12H10ClNO2S/c1-16-9-5-12(17-7-9)11(15)4-8-2-3-14-6-10(8)13/h2-3,5-7H,4H2,1H3. The average Bonchev–Trinajstić information content (AvgIpc) is 2.81. The molecule has 0 saturated carbocycles. The molecule has 0 radical (unpaired) electrons. The molecule has 2 aromatic rings. The minimum Gasteiger partial charge on any atom is -0.496 e. The summed E-state index contributed by atoms with van der Waals surface area (Å²) in [6.07, 6.45) is 3.45. The van der Waals surface area contributed by atoms with Crippen molar-refractivity contribution in [2.24, 2.45) is 0 Å². The first-order chi connectivity index (χ1) is 8.20. The summed E-state index contributed by atoms with van der Waals surface area (Å²) in [6.45, 7) is 0. The molecule has 2 aromatic heterocycles. The van der Waals surface area contributed by atoms with Crippen molar-refractivity contribution in [3.63, 3.8) is 0 Å². The lowest BCUT2D eigenvalue weighted by Crippen LogP contribution is -2.01. The van der Waals surface area contributed by atoms with Crippen LogP contribution in [0.25, 0.3) is 0 Å². The van der Waals surface area contributed by atoms with E-state index in [-0.39, 0.29) is 12.2 Å². The summed E-state index contributed by atoms with van der Waals surface area (Å²) in [4.78, 5) is 16.5. The quantitative estimate of drug-likeness (QED) is 0.799. The van der Waals surface area contributed by atoms with Crippen LogP contribution in [-0.2, 0) is 6.42 Å². The fraction of sp³-hybridized carbons (Fsp3) is 0.167. The van der Waals surface area contributed by atoms with Crippen molar-refractivity contribution in [3.05, 3.63) is 45.4 Å². The predicted molar refractivity (Wildman–Crippen MR) is 68.2 cm³/mol. The van der Waals surface area contributed by atoms with Crippen molar-refractivity contribution in [1.29, 1.82) is 0 Å². The molecule has 0 aliphatic rings. The second-order valence-electron chi connectivity index (χ2n) is 3.42. The third-order valence-electron chi connectivity index (χ3n) is 2.29. The third-order valence-corrected chi connectivity index (χ3v) is 3.58. The molecule has 0 spiro atoms. The Bertz CT molecular complexity index is 539. The molecule has 0 aliphatic heterocycles. The summed E-state index contributed by atoms with van der Waals surface area (Å²) in [5.74, 6) is 0.741. The van der Waals surface area contributed by atoms with Gasteiger partial charge < -0.3 is 4.74 Å². The predicted octanol–water partition coefficient (Wildman–Crippen LogP) is 3.23. The number of ether oxygens (including phenoxy) is 1. The summed E-state index contributed by atoms with van der Waals surface area (Å²) in [6, 6.07) is 3.49. The van der Waals surface area contributed by atoms with E-state index in [1.807, 2.05) is 0 Å². The molecule has 0 aliphatic carbocycles. The van der Waals surface area contributed by atoms with E-state index >= 15 is 0 Å². The van der Waals surface area contributed by atoms with Crippen molar-refractivity contribution in [2.45, 2.75) is 6.42 Å². The molecule has 3 nitrogen and oxygen atoms in total. The van der Waals surface area contributed by atoms with E-state index in [0.29, 0.717) is 15.6 Å². The maximum atomic E-state index is 12.0. The number of Topliss-reactive ketones (excluding diaryl/α,β-unsaturated/α-hetero) is 1. The molecule has 0 bridgehead atoms. The highest BCUT2D eigenvalue weighted by Gasteiger charge is 2.12. The highest BCUT2D eigenvalue weighted by molar-refractivity contribution is 7.12. The lowest BCUT2D eigenvalue weighted by molar-refractivity contribution is 0.0996. The Morgan fingerprint density at radius 1 is 1.59 bits per heavy atom. The van der Waals surface area contributed by atoms with Crippen molar-refractivity contribution < 1.29 is 9.53 Å². The number of halogens is 1. The Morgan fingerprint density at radius 2 is 2.41 bits per heavy atom. The first kappa shape index (κ1) is 12.1. The van der Waals surface area contributed by atoms with Crippen LogP contribution in [0.5, 0.6) is 5.75 Å². The van der Waals surface area contributed by atoms with Crippen LogP contribution in [0, 0.1) is 0 Å². The molecule has 2 heterocycles. The Kier molecular flexibility index (Phi) is 3.76. The van der Waals surface area contributed by atoms with E-state index in [1.54, 1.807) is 37.0 Å². The average molecular weight is 268 g/mol. The zero-order chi connectivity index (χ0) is 12.3. The van der Waals surface area contributed by atoms with E-state index in [4.69, 9.17) is 16.3 Å². The van der Waals surface area contributed by atoms with E-state index in [0.717, 1.165) is 5.56 Å². The second kappa shape index (κ2) is 5.29. The smallest absolute Gasteiger partial charge is 0.177 e. The van der Waals surface area contributed by atoms with Crippen LogP contribution in [0.2, 0.25) is 5.02 Å². The zero-order valence-electron chi connectivity index (χ0n) is 9.14. The van der Waals surface area contributed by atoms with E-state index in [9.17, 15) is 4.79 Å². The lowest BCUT2D eigenvalue weighted by atomic mass is 10.1. The molecule has 0 fully saturated rings. The minimum atomic E-state index is 0.0337. The zero-order valence-corrected chi connectivity index (χ0v) is 10.7. The summed E-state index contributed by atoms with van der Waals surface area (Å²) in [7, 11) is 1.58. The molecule has 0 aromatic carbocycles. The molecule has 0 atom stereocenters. The van der Waals surface area contributed by atoms with E-state index < -0.39 is 0 Å². The van der Waals surface area contributed by atoms with Crippen LogP contribution in [0.4, 0.5) is 0 Å². The minimum absolute atomic E-state index is 0.0337. The Morgan fingerprint density at radius 3 is 3.06 bits per heavy atom. The molecule has 88 valence electrons. The number of ketones is 1. The van der Waals surface area contributed by atoms with Gasteiger partial charge in [-0.2, -0.15) is 0 Å². The van der Waals surface area contributed by atoms with Crippen LogP contribution in [0.3, 0.4) is 0 Å². The number of carbonyl (C=O) groups is 1. The first-order valence-corrected chi connectivity index (χ1v) is 6.20. The van der Waals surface area contributed by atoms with Gasteiger partial charge >= 0.3 is 0 Å². The number of nitrogens with zero attached hydrogens (tertiary/aromatic N) is 1. The first-order valence-electron chi connectivity index (χ1n) is 4.95. The number of hydrogen-bond donors (Lipinski definition) is 0. The topological polar surface area (TPSA) is 39.2 Å². The molecule has 5 heteroatoms. The largest absolute Gasteiger partial charge is 0.496 e. The summed E-state index contributed by atoms with van der Waals surface area (Å²) in [5.41, 5.74) is 0.791. The van der Waals surface area contributed by atoms with Crippen molar-refractivity contribution >= 4 is 28.7 Å². The van der Waals surface area contributed by atoms with Gasteiger partial charge in [-0.05, 0) is 11.6 Å². The number of carbonyl (C=O) groups excluding carboxylic acids is 1. The maximum Gasteiger partial charge on any atom is 0.177 e. The Balaban J connectivity index is 2.14. The lowest BCUT2D eigenvalue weighted by Gasteiger charge is -2.00. The summed E-state index contributed by atoms with van der Waals surface area (Å²) in [5, 5.41) is 2.32. The van der Waals surface area contributed by atoms with Gasteiger partial charge in [0, 0.05) is 30.3 Å². The van der Waals surface area contributed by atoms with Gasteiger partial charge in [-0.25, -0.2) is 0 Å². The monoisotopic (exact) mass is 267 g/mol. The van der Waals surface area contributed by atoms with Crippen LogP contribution in [0.15, 0.2) is 29.9 Å². The van der Waals surface area contributed by atoms with Crippen molar-refractivity contribution in [1.82, 2.24) is 4.98 Å². The van der Waals surface area contributed by atoms with Crippen LogP contribution < -0.4 is 4.74 Å². The normalized spacial score (nSPS) is 10.2. The number of pyridine rings is 1. The van der Waals surface area contributed by atoms with E-state index in [1.165, 1.54) is 11.3 Å². The molecule has 0 N–H and O–H groups in total. The van der Waals surface area contributed by atoms with E-state index in [2.05, 4.69) is 4.98 Å². The SMILES string of the molecule is COc1csc(C(=O)Cc2ccncc2Cl)c1. The number of methoxy groups -OCH3 is 1. The van der Waals surface area contributed by atoms with Crippen molar-refractivity contribution in [2.75, 3.05) is 7.11 Å². The van der Waals surface area contributed by atoms with Gasteiger partial charge in [-0.3, -0.25) is 9.78 Å². The number of thiophene rings is 1. The van der Waals surface area contributed by atoms with Crippen LogP contribution in [-0.4, -0.2) is 17.9 Å². The van der Waals surface area contributed by atoms with Gasteiger partial charge in [0.15, 0.2) is 5.78 Å². The summed E-state index contributed by atoms with van der Waals surface area (Å²) >= 11 is 7.33.